The summed E-state index contributed by atoms with van der Waals surface area (Å²) in [4.78, 5) is 30.8. The Hall–Kier alpha value is -2.43. The van der Waals surface area contributed by atoms with E-state index in [1.165, 1.54) is 29.6 Å². The van der Waals surface area contributed by atoms with Gasteiger partial charge in [-0.1, -0.05) is 0 Å². The molecule has 8 nitrogen and oxygen atoms in total. The Morgan fingerprint density at radius 1 is 1.43 bits per heavy atom. The quantitative estimate of drug-likeness (QED) is 0.540. The molecule has 2 N–H and O–H groups in total. The van der Waals surface area contributed by atoms with Crippen molar-refractivity contribution < 1.29 is 8.98 Å². The molecule has 1 amide bonds. The minimum atomic E-state index is -0.0851. The van der Waals surface area contributed by atoms with E-state index in [1.807, 2.05) is 24.6 Å². The molecule has 4 rings (SSSR count). The lowest BCUT2D eigenvalue weighted by atomic mass is 10.1. The van der Waals surface area contributed by atoms with Crippen LogP contribution in [0.1, 0.15) is 21.8 Å². The molecule has 0 radical (unpaired) electrons. The predicted octanol–water partition coefficient (Wildman–Crippen LogP) is 2.58. The van der Waals surface area contributed by atoms with Gasteiger partial charge >= 0.3 is 0 Å². The minimum Gasteiger partial charge on any atom is -0.403 e. The fraction of sp³-hybridized carbons (Fsp3) is 0.400. The molecular weight excluding hydrogens is 420 g/mol. The third-order valence-electron chi connectivity index (χ3n) is 5.15. The molecule has 2 aromatic rings. The highest BCUT2D eigenvalue weighted by Crippen LogP contribution is 2.33. The van der Waals surface area contributed by atoms with E-state index in [9.17, 15) is 4.79 Å². The van der Waals surface area contributed by atoms with Gasteiger partial charge in [0.05, 0.1) is 17.5 Å². The number of allylic oxidation sites excluding steroid dienone is 1. The highest BCUT2D eigenvalue weighted by atomic mass is 32.2. The van der Waals surface area contributed by atoms with Gasteiger partial charge in [0.1, 0.15) is 15.7 Å². The van der Waals surface area contributed by atoms with Crippen molar-refractivity contribution >= 4 is 41.3 Å². The van der Waals surface area contributed by atoms with Gasteiger partial charge in [-0.25, -0.2) is 9.97 Å². The summed E-state index contributed by atoms with van der Waals surface area (Å²) in [5.41, 5.74) is 8.03. The van der Waals surface area contributed by atoms with E-state index in [2.05, 4.69) is 14.9 Å². The molecule has 2 aromatic heterocycles. The Labute approximate surface area is 184 Å². The largest absolute Gasteiger partial charge is 0.403 e. The number of carbonyl (C=O) groups is 1. The zero-order valence-electron chi connectivity index (χ0n) is 16.9. The van der Waals surface area contributed by atoms with Gasteiger partial charge in [-0.15, -0.1) is 11.3 Å². The Morgan fingerprint density at radius 3 is 3.00 bits per heavy atom. The van der Waals surface area contributed by atoms with E-state index in [0.717, 1.165) is 41.6 Å². The number of pyridine rings is 1. The van der Waals surface area contributed by atoms with Gasteiger partial charge in [0.15, 0.2) is 0 Å². The van der Waals surface area contributed by atoms with Crippen LogP contribution in [0.4, 0.5) is 5.82 Å². The fourth-order valence-corrected chi connectivity index (χ4v) is 5.17. The van der Waals surface area contributed by atoms with Crippen molar-refractivity contribution in [3.8, 4) is 10.6 Å². The fourth-order valence-electron chi connectivity index (χ4n) is 3.69. The Bertz CT molecular complexity index is 972. The number of nitrogens with two attached hydrogens (primary N) is 1. The van der Waals surface area contributed by atoms with Gasteiger partial charge in [-0.2, -0.15) is 0 Å². The van der Waals surface area contributed by atoms with E-state index in [1.54, 1.807) is 18.2 Å². The number of anilines is 1. The van der Waals surface area contributed by atoms with Crippen molar-refractivity contribution in [2.45, 2.75) is 18.9 Å². The van der Waals surface area contributed by atoms with Crippen LogP contribution in [0, 0.1) is 0 Å². The first-order valence-electron chi connectivity index (χ1n) is 9.71. The standard InChI is InChI=1S/C20H24N6O2S2/c1-22-11-14(9-21)26-8-6-16-18(20(26)27)30-19(24-16)13-3-4-17(23-10-13)25-7-5-15(12-25)28-29-2/h3-4,9-11,15H,5-8,12,21H2,1-2H3/b14-9+,22-11?. The summed E-state index contributed by atoms with van der Waals surface area (Å²) in [6.07, 6.45) is 8.71. The summed E-state index contributed by atoms with van der Waals surface area (Å²) in [5.74, 6) is 0.851. The number of fused-ring (bicyclic) bond motifs is 1. The highest BCUT2D eigenvalue weighted by molar-refractivity contribution is 7.93. The third kappa shape index (κ3) is 4.07. The topological polar surface area (TPSA) is 96.9 Å². The van der Waals surface area contributed by atoms with Crippen LogP contribution in [0.5, 0.6) is 0 Å². The molecule has 2 aliphatic rings. The van der Waals surface area contributed by atoms with Gasteiger partial charge < -0.3 is 19.7 Å². The second-order valence-electron chi connectivity index (χ2n) is 7.01. The first-order valence-corrected chi connectivity index (χ1v) is 11.7. The second-order valence-corrected chi connectivity index (χ2v) is 8.53. The van der Waals surface area contributed by atoms with E-state index < -0.39 is 0 Å². The molecule has 1 unspecified atom stereocenters. The molecule has 1 fully saturated rings. The molecule has 158 valence electrons. The summed E-state index contributed by atoms with van der Waals surface area (Å²) >= 11 is 2.81. The lowest BCUT2D eigenvalue weighted by Crippen LogP contribution is -2.37. The van der Waals surface area contributed by atoms with E-state index >= 15 is 0 Å². The first-order chi connectivity index (χ1) is 14.6. The van der Waals surface area contributed by atoms with Gasteiger partial charge in [0, 0.05) is 63.5 Å². The molecule has 0 aromatic carbocycles. The van der Waals surface area contributed by atoms with E-state index in [4.69, 9.17) is 14.9 Å². The van der Waals surface area contributed by atoms with Gasteiger partial charge in [-0.3, -0.25) is 9.79 Å². The number of aromatic nitrogens is 2. The summed E-state index contributed by atoms with van der Waals surface area (Å²) < 4.78 is 5.64. The van der Waals surface area contributed by atoms with Crippen LogP contribution in [0.2, 0.25) is 0 Å². The Balaban J connectivity index is 1.51. The van der Waals surface area contributed by atoms with Crippen LogP contribution < -0.4 is 10.6 Å². The highest BCUT2D eigenvalue weighted by Gasteiger charge is 2.30. The molecule has 4 heterocycles. The SMILES string of the molecule is CN=C/C(=C\N)N1CCc2nc(-c3ccc(N4CCC(OSC)C4)nc3)sc2C1=O. The molecule has 10 heteroatoms. The van der Waals surface area contributed by atoms with Gasteiger partial charge in [0.2, 0.25) is 0 Å². The van der Waals surface area contributed by atoms with Gasteiger partial charge in [0.25, 0.3) is 5.91 Å². The Morgan fingerprint density at radius 2 is 2.30 bits per heavy atom. The first kappa shape index (κ1) is 20.8. The zero-order valence-corrected chi connectivity index (χ0v) is 18.6. The van der Waals surface area contributed by atoms with Crippen molar-refractivity contribution in [2.75, 3.05) is 37.8 Å². The molecule has 30 heavy (non-hydrogen) atoms. The molecule has 0 bridgehead atoms. The van der Waals surface area contributed by atoms with Gasteiger partial charge in [-0.05, 0) is 30.6 Å². The number of hydrogen-bond donors (Lipinski definition) is 1. The summed E-state index contributed by atoms with van der Waals surface area (Å²) in [6.45, 7) is 2.32. The van der Waals surface area contributed by atoms with Crippen molar-refractivity contribution in [3.05, 3.63) is 40.8 Å². The number of carbonyl (C=O) groups excluding carboxylic acids is 1. The summed E-state index contributed by atoms with van der Waals surface area (Å²) in [7, 11) is 1.66. The molecule has 2 aliphatic heterocycles. The van der Waals surface area contributed by atoms with Crippen LogP contribution >= 0.6 is 23.4 Å². The van der Waals surface area contributed by atoms with Crippen molar-refractivity contribution in [1.29, 1.82) is 0 Å². The Kier molecular flexibility index (Phi) is 6.35. The maximum atomic E-state index is 13.0. The number of aliphatic imine (C=N–C) groups is 1. The van der Waals surface area contributed by atoms with Crippen LogP contribution in [-0.4, -0.2) is 66.0 Å². The lowest BCUT2D eigenvalue weighted by molar-refractivity contribution is 0.0805. The van der Waals surface area contributed by atoms with Crippen LogP contribution in [0.3, 0.4) is 0 Å². The molecule has 1 saturated heterocycles. The van der Waals surface area contributed by atoms with E-state index in [0.29, 0.717) is 23.5 Å². The van der Waals surface area contributed by atoms with Crippen LogP contribution in [-0.2, 0) is 10.6 Å². The maximum Gasteiger partial charge on any atom is 0.270 e. The van der Waals surface area contributed by atoms with Crippen molar-refractivity contribution in [3.63, 3.8) is 0 Å². The normalized spacial score (nSPS) is 19.7. The molecule has 0 aliphatic carbocycles. The summed E-state index contributed by atoms with van der Waals surface area (Å²) in [5, 5.41) is 0.807. The predicted molar refractivity (Wildman–Crippen MR) is 122 cm³/mol. The lowest BCUT2D eigenvalue weighted by Gasteiger charge is -2.26. The monoisotopic (exact) mass is 444 g/mol. The smallest absolute Gasteiger partial charge is 0.270 e. The molecule has 0 spiro atoms. The second kappa shape index (κ2) is 9.15. The number of rotatable bonds is 6. The molecule has 0 saturated carbocycles. The third-order valence-corrected chi connectivity index (χ3v) is 6.75. The van der Waals surface area contributed by atoms with Crippen LogP contribution in [0.15, 0.2) is 35.2 Å². The average molecular weight is 445 g/mol. The average Bonchev–Trinajstić information content (AvgIpc) is 3.41. The number of nitrogens with zero attached hydrogens (tertiary/aromatic N) is 5. The van der Waals surface area contributed by atoms with Crippen LogP contribution in [0.25, 0.3) is 10.6 Å². The zero-order chi connectivity index (χ0) is 21.1. The summed E-state index contributed by atoms with van der Waals surface area (Å²) in [6, 6.07) is 4.03. The number of thiazole rings is 1. The van der Waals surface area contributed by atoms with Crippen molar-refractivity contribution in [2.24, 2.45) is 10.7 Å². The molecule has 1 atom stereocenters. The minimum absolute atomic E-state index is 0.0851. The molecular formula is C20H24N6O2S2. The maximum absolute atomic E-state index is 13.0. The number of amides is 1. The van der Waals surface area contributed by atoms with E-state index in [-0.39, 0.29) is 12.0 Å². The van der Waals surface area contributed by atoms with Crippen molar-refractivity contribution in [1.82, 2.24) is 14.9 Å². The number of hydrogen-bond acceptors (Lipinski definition) is 9.